The molecule has 9 aromatic carbocycles. The van der Waals surface area contributed by atoms with E-state index in [2.05, 4.69) is 230 Å². The van der Waals surface area contributed by atoms with Gasteiger partial charge in [0.05, 0.1) is 5.69 Å². The number of nitrogens with zero attached hydrogens (tertiary/aromatic N) is 1. The van der Waals surface area contributed by atoms with Gasteiger partial charge in [0.2, 0.25) is 0 Å². The molecule has 0 saturated heterocycles. The topological polar surface area (TPSA) is 16.4 Å². The molecule has 0 atom stereocenters. The maximum absolute atomic E-state index is 7.11. The highest BCUT2D eigenvalue weighted by atomic mass is 16.3. The van der Waals surface area contributed by atoms with Crippen LogP contribution in [-0.4, -0.2) is 0 Å². The smallest absolute Gasteiger partial charge is 0.159 e. The first-order chi connectivity index (χ1) is 28.6. The molecule has 58 heavy (non-hydrogen) atoms. The fraction of sp³-hybridized carbons (Fsp3) is 0.0357. The third-order valence-corrected chi connectivity index (χ3v) is 12.1. The summed E-state index contributed by atoms with van der Waals surface area (Å²) in [6.07, 6.45) is 0. The molecule has 2 heteroatoms. The molecular formula is C56H39NO. The Morgan fingerprint density at radius 2 is 0.862 bits per heavy atom. The number of fused-ring (bicyclic) bond motifs is 6. The van der Waals surface area contributed by atoms with E-state index in [0.717, 1.165) is 61.3 Å². The summed E-state index contributed by atoms with van der Waals surface area (Å²) < 4.78 is 7.11. The van der Waals surface area contributed by atoms with E-state index in [1.165, 1.54) is 38.9 Å². The van der Waals surface area contributed by atoms with Crippen molar-refractivity contribution in [2.24, 2.45) is 0 Å². The van der Waals surface area contributed by atoms with Gasteiger partial charge in [0.15, 0.2) is 5.58 Å². The Bertz CT molecular complexity index is 3000. The Hall–Kier alpha value is -7.42. The maximum Gasteiger partial charge on any atom is 0.159 e. The van der Waals surface area contributed by atoms with Crippen molar-refractivity contribution in [3.05, 3.63) is 235 Å². The number of benzene rings is 9. The molecule has 0 saturated carbocycles. The van der Waals surface area contributed by atoms with Crippen molar-refractivity contribution in [1.82, 2.24) is 0 Å². The first-order valence-corrected chi connectivity index (χ1v) is 20.0. The van der Waals surface area contributed by atoms with Gasteiger partial charge in [-0.25, -0.2) is 0 Å². The van der Waals surface area contributed by atoms with Crippen molar-refractivity contribution in [3.63, 3.8) is 0 Å². The fourth-order valence-electron chi connectivity index (χ4n) is 9.36. The molecule has 0 amide bonds. The van der Waals surface area contributed by atoms with E-state index in [1.54, 1.807) is 0 Å². The lowest BCUT2D eigenvalue weighted by Crippen LogP contribution is -2.22. The predicted molar refractivity (Wildman–Crippen MR) is 242 cm³/mol. The number of hydrogen-bond acceptors (Lipinski definition) is 2. The molecular weight excluding hydrogens is 703 g/mol. The van der Waals surface area contributed by atoms with Gasteiger partial charge < -0.3 is 9.32 Å². The Kier molecular flexibility index (Phi) is 7.97. The molecule has 10 aromatic rings. The van der Waals surface area contributed by atoms with Crippen LogP contribution in [0.3, 0.4) is 0 Å². The molecule has 11 rings (SSSR count). The van der Waals surface area contributed by atoms with Crippen LogP contribution in [0.25, 0.3) is 66.4 Å². The molecule has 1 aliphatic rings. The Morgan fingerprint density at radius 3 is 1.45 bits per heavy atom. The summed E-state index contributed by atoms with van der Waals surface area (Å²) in [5.41, 5.74) is 17.9. The van der Waals surface area contributed by atoms with Crippen LogP contribution in [0.5, 0.6) is 0 Å². The third-order valence-electron chi connectivity index (χ3n) is 12.1. The van der Waals surface area contributed by atoms with Gasteiger partial charge in [-0.15, -0.1) is 0 Å². The van der Waals surface area contributed by atoms with Gasteiger partial charge in [-0.05, 0) is 111 Å². The van der Waals surface area contributed by atoms with Crippen LogP contribution >= 0.6 is 0 Å². The highest BCUT2D eigenvalue weighted by Crippen LogP contribution is 2.55. The molecule has 0 spiro atoms. The van der Waals surface area contributed by atoms with E-state index in [9.17, 15) is 0 Å². The lowest BCUT2D eigenvalue weighted by atomic mass is 9.73. The second-order valence-corrected chi connectivity index (χ2v) is 15.4. The van der Waals surface area contributed by atoms with E-state index in [4.69, 9.17) is 4.42 Å². The van der Waals surface area contributed by atoms with Gasteiger partial charge in [-0.1, -0.05) is 176 Å². The van der Waals surface area contributed by atoms with E-state index in [1.807, 2.05) is 0 Å². The molecule has 0 unspecified atom stereocenters. The zero-order chi connectivity index (χ0) is 38.6. The minimum Gasteiger partial charge on any atom is -0.454 e. The van der Waals surface area contributed by atoms with E-state index in [0.29, 0.717) is 0 Å². The third kappa shape index (κ3) is 5.41. The average Bonchev–Trinajstić information content (AvgIpc) is 3.81. The number of rotatable bonds is 7. The zero-order valence-electron chi connectivity index (χ0n) is 32.1. The quantitative estimate of drug-likeness (QED) is 0.162. The van der Waals surface area contributed by atoms with Crippen LogP contribution in [0.2, 0.25) is 0 Å². The summed E-state index contributed by atoms with van der Waals surface area (Å²) >= 11 is 0. The van der Waals surface area contributed by atoms with Crippen molar-refractivity contribution in [2.45, 2.75) is 12.3 Å². The van der Waals surface area contributed by atoms with Gasteiger partial charge in [0.1, 0.15) is 5.58 Å². The Labute approximate surface area is 338 Å². The van der Waals surface area contributed by atoms with Gasteiger partial charge in [0, 0.05) is 27.6 Å². The molecule has 274 valence electrons. The molecule has 1 aliphatic carbocycles. The van der Waals surface area contributed by atoms with Gasteiger partial charge in [-0.2, -0.15) is 0 Å². The van der Waals surface area contributed by atoms with Gasteiger partial charge in [0.25, 0.3) is 0 Å². The molecule has 0 fully saturated rings. The first kappa shape index (κ1) is 33.9. The van der Waals surface area contributed by atoms with E-state index < -0.39 is 0 Å². The second kappa shape index (κ2) is 13.7. The minimum absolute atomic E-state index is 0.374. The zero-order valence-corrected chi connectivity index (χ0v) is 32.1. The normalized spacial score (nSPS) is 12.7. The highest BCUT2D eigenvalue weighted by molar-refractivity contribution is 6.13. The van der Waals surface area contributed by atoms with Gasteiger partial charge in [-0.3, -0.25) is 0 Å². The minimum atomic E-state index is -0.374. The number of hydrogen-bond donors (Lipinski definition) is 0. The van der Waals surface area contributed by atoms with Crippen molar-refractivity contribution in [1.29, 1.82) is 0 Å². The number of anilines is 3. The van der Waals surface area contributed by atoms with Crippen LogP contribution < -0.4 is 4.90 Å². The molecule has 0 N–H and O–H groups in total. The first-order valence-electron chi connectivity index (χ1n) is 20.0. The lowest BCUT2D eigenvalue weighted by molar-refractivity contribution is 0.666. The van der Waals surface area contributed by atoms with Crippen LogP contribution in [0, 0.1) is 0 Å². The fourth-order valence-corrected chi connectivity index (χ4v) is 9.36. The number of furan rings is 1. The predicted octanol–water partition coefficient (Wildman–Crippen LogP) is 15.4. The van der Waals surface area contributed by atoms with Crippen LogP contribution in [-0.2, 0) is 5.41 Å². The van der Waals surface area contributed by atoms with Crippen LogP contribution in [0.15, 0.2) is 223 Å². The summed E-state index contributed by atoms with van der Waals surface area (Å²) in [4.78, 5) is 2.37. The van der Waals surface area contributed by atoms with Crippen LogP contribution in [0.4, 0.5) is 17.1 Å². The average molecular weight is 742 g/mol. The highest BCUT2D eigenvalue weighted by Gasteiger charge is 2.42. The molecule has 2 nitrogen and oxygen atoms in total. The lowest BCUT2D eigenvalue weighted by Gasteiger charge is -2.29. The van der Waals surface area contributed by atoms with E-state index >= 15 is 0 Å². The Balaban J connectivity index is 1.16. The summed E-state index contributed by atoms with van der Waals surface area (Å²) in [5, 5.41) is 2.25. The molecule has 0 bridgehead atoms. The van der Waals surface area contributed by atoms with Gasteiger partial charge >= 0.3 is 0 Å². The SMILES string of the molecule is CC1(c2cccc3oc4c(N(c5ccc(-c6ccccc6)cc5)c5cc(-c6ccccc6)cc(-c6ccccc6)c5)cccc4c23)c2ccccc2-c2ccccc21. The standard InChI is InChI=1S/C56H39NO/c1-56(49-26-13-11-23-46(49)47-24-12-14-27-50(47)56)51-28-16-30-53-54(51)48-25-15-29-52(55(48)58-53)57(44-33-31-41(32-34-44)38-17-5-2-6-18-38)45-36-42(39-19-7-3-8-20-39)35-43(37-45)40-21-9-4-10-22-40/h2-37H,1H3. The van der Waals surface area contributed by atoms with Crippen molar-refractivity contribution in [3.8, 4) is 44.5 Å². The van der Waals surface area contributed by atoms with Crippen LogP contribution in [0.1, 0.15) is 23.6 Å². The monoisotopic (exact) mass is 741 g/mol. The van der Waals surface area contributed by atoms with Crippen molar-refractivity contribution < 1.29 is 4.42 Å². The van der Waals surface area contributed by atoms with E-state index in [-0.39, 0.29) is 5.41 Å². The summed E-state index contributed by atoms with van der Waals surface area (Å²) in [6, 6.07) is 78.7. The summed E-state index contributed by atoms with van der Waals surface area (Å²) in [5.74, 6) is 0. The molecule has 1 aromatic heterocycles. The second-order valence-electron chi connectivity index (χ2n) is 15.4. The van der Waals surface area contributed by atoms with Crippen molar-refractivity contribution in [2.75, 3.05) is 4.90 Å². The molecule has 0 radical (unpaired) electrons. The molecule has 1 heterocycles. The maximum atomic E-state index is 7.11. The number of para-hydroxylation sites is 1. The Morgan fingerprint density at radius 1 is 0.379 bits per heavy atom. The summed E-state index contributed by atoms with van der Waals surface area (Å²) in [6.45, 7) is 2.38. The van der Waals surface area contributed by atoms with Crippen molar-refractivity contribution >= 4 is 39.0 Å². The molecule has 0 aliphatic heterocycles. The largest absolute Gasteiger partial charge is 0.454 e. The summed E-state index contributed by atoms with van der Waals surface area (Å²) in [7, 11) is 0.